The molecule has 0 spiro atoms. The number of amides is 1. The molecule has 1 amide bonds. The number of hydrogen-bond acceptors (Lipinski definition) is 8. The van der Waals surface area contributed by atoms with Gasteiger partial charge in [-0.25, -0.2) is 22.9 Å². The third-order valence-electron chi connectivity index (χ3n) is 1.94. The van der Waals surface area contributed by atoms with Crippen LogP contribution in [0.25, 0.3) is 0 Å². The zero-order valence-electron chi connectivity index (χ0n) is 10.5. The van der Waals surface area contributed by atoms with E-state index in [9.17, 15) is 18.0 Å². The van der Waals surface area contributed by atoms with Gasteiger partial charge in [0.05, 0.1) is 19.2 Å². The summed E-state index contributed by atoms with van der Waals surface area (Å²) in [5.74, 6) is -1.49. The first-order valence-corrected chi connectivity index (χ1v) is 7.62. The molecule has 0 aromatic carbocycles. The fraction of sp³-hybridized carbons (Fsp3) is 0.444. The van der Waals surface area contributed by atoms with Gasteiger partial charge in [0.2, 0.25) is 5.91 Å². The summed E-state index contributed by atoms with van der Waals surface area (Å²) < 4.78 is 35.1. The molecular weight excluding hydrogens is 310 g/mol. The van der Waals surface area contributed by atoms with Gasteiger partial charge < -0.3 is 15.2 Å². The number of nitrogens with one attached hydrogen (secondary N) is 1. The highest BCUT2D eigenvalue weighted by Crippen LogP contribution is 2.20. The van der Waals surface area contributed by atoms with Crippen LogP contribution in [0.3, 0.4) is 0 Å². The Morgan fingerprint density at radius 2 is 2.20 bits per heavy atom. The first-order valence-electron chi connectivity index (χ1n) is 5.26. The van der Waals surface area contributed by atoms with Gasteiger partial charge in [-0.05, 0) is 0 Å². The first kappa shape index (κ1) is 16.5. The number of carbonyl (C=O) groups excluding carboxylic acids is 2. The van der Waals surface area contributed by atoms with Gasteiger partial charge in [-0.1, -0.05) is 0 Å². The Morgan fingerprint density at radius 3 is 2.80 bits per heavy atom. The maximum absolute atomic E-state index is 11.9. The molecule has 0 saturated heterocycles. The Kier molecular flexibility index (Phi) is 6.01. The Bertz CT molecular complexity index is 582. The fourth-order valence-electron chi connectivity index (χ4n) is 1.15. The van der Waals surface area contributed by atoms with Crippen molar-refractivity contribution in [2.45, 2.75) is 4.21 Å². The number of nitrogens with zero attached hydrogens (tertiary/aromatic N) is 1. The standard InChI is InChI=1S/C9H13N3O6S2/c1-17-8(14)7-9(19-5-11-7)20(15,16)12-2-3-18-4-6(10)13/h5,12H,2-4H2,1H3,(H2,10,13). The summed E-state index contributed by atoms with van der Waals surface area (Å²) in [6.07, 6.45) is 0. The number of methoxy groups -OCH3 is 1. The molecule has 0 aliphatic heterocycles. The molecule has 11 heteroatoms. The summed E-state index contributed by atoms with van der Waals surface area (Å²) in [5.41, 5.74) is 5.80. The Balaban J connectivity index is 2.63. The second kappa shape index (κ2) is 7.28. The van der Waals surface area contributed by atoms with E-state index in [0.29, 0.717) is 0 Å². The van der Waals surface area contributed by atoms with Crippen LogP contribution in [-0.2, 0) is 24.3 Å². The predicted molar refractivity (Wildman–Crippen MR) is 68.7 cm³/mol. The van der Waals surface area contributed by atoms with Crippen LogP contribution >= 0.6 is 11.3 Å². The van der Waals surface area contributed by atoms with Gasteiger partial charge in [0.25, 0.3) is 10.0 Å². The van der Waals surface area contributed by atoms with Gasteiger partial charge >= 0.3 is 5.97 Å². The Morgan fingerprint density at radius 1 is 1.50 bits per heavy atom. The second-order valence-electron chi connectivity index (χ2n) is 3.40. The molecule has 1 rings (SSSR count). The smallest absolute Gasteiger partial charge is 0.358 e. The number of nitrogens with two attached hydrogens (primary N) is 1. The molecule has 0 bridgehead atoms. The minimum atomic E-state index is -3.89. The van der Waals surface area contributed by atoms with Crippen LogP contribution in [0.15, 0.2) is 9.72 Å². The lowest BCUT2D eigenvalue weighted by Crippen LogP contribution is -2.29. The number of aromatic nitrogens is 1. The molecule has 9 nitrogen and oxygen atoms in total. The van der Waals surface area contributed by atoms with Gasteiger partial charge in [-0.15, -0.1) is 11.3 Å². The molecule has 0 aliphatic carbocycles. The third-order valence-corrected chi connectivity index (χ3v) is 4.77. The maximum atomic E-state index is 11.9. The Hall–Kier alpha value is -1.56. The summed E-state index contributed by atoms with van der Waals surface area (Å²) in [4.78, 5) is 25.4. The minimum absolute atomic E-state index is 0.0332. The van der Waals surface area contributed by atoms with Crippen molar-refractivity contribution >= 4 is 33.2 Å². The maximum Gasteiger partial charge on any atom is 0.358 e. The van der Waals surface area contributed by atoms with E-state index in [0.717, 1.165) is 18.4 Å². The van der Waals surface area contributed by atoms with Crippen LogP contribution in [0.2, 0.25) is 0 Å². The van der Waals surface area contributed by atoms with E-state index in [4.69, 9.17) is 10.5 Å². The van der Waals surface area contributed by atoms with Gasteiger partial charge in [0.15, 0.2) is 9.90 Å². The topological polar surface area (TPSA) is 138 Å². The fourth-order valence-corrected chi connectivity index (χ4v) is 3.33. The molecular formula is C9H13N3O6S2. The summed E-state index contributed by atoms with van der Waals surface area (Å²) in [6.45, 7) is -0.404. The molecule has 0 saturated carbocycles. The van der Waals surface area contributed by atoms with E-state index in [-0.39, 0.29) is 29.7 Å². The quantitative estimate of drug-likeness (QED) is 0.448. The summed E-state index contributed by atoms with van der Waals surface area (Å²) >= 11 is 0.792. The number of carbonyl (C=O) groups is 2. The van der Waals surface area contributed by atoms with Crippen LogP contribution in [-0.4, -0.2) is 52.1 Å². The predicted octanol–water partition coefficient (Wildman–Crippen LogP) is -1.29. The van der Waals surface area contributed by atoms with E-state index >= 15 is 0 Å². The van der Waals surface area contributed by atoms with Crippen molar-refractivity contribution < 1.29 is 27.5 Å². The lowest BCUT2D eigenvalue weighted by Gasteiger charge is -2.06. The summed E-state index contributed by atoms with van der Waals surface area (Å²) in [6, 6.07) is 0. The van der Waals surface area contributed by atoms with Crippen molar-refractivity contribution in [3.8, 4) is 0 Å². The van der Waals surface area contributed by atoms with E-state index in [1.54, 1.807) is 0 Å². The van der Waals surface area contributed by atoms with Crippen molar-refractivity contribution in [2.24, 2.45) is 5.73 Å². The SMILES string of the molecule is COC(=O)c1ncsc1S(=O)(=O)NCCOCC(N)=O. The van der Waals surface area contributed by atoms with Crippen LogP contribution in [0.4, 0.5) is 0 Å². The van der Waals surface area contributed by atoms with Gasteiger partial charge in [0, 0.05) is 6.54 Å². The second-order valence-corrected chi connectivity index (χ2v) is 6.21. The van der Waals surface area contributed by atoms with Crippen molar-refractivity contribution in [1.82, 2.24) is 9.71 Å². The van der Waals surface area contributed by atoms with E-state index < -0.39 is 21.9 Å². The highest BCUT2D eigenvalue weighted by Gasteiger charge is 2.26. The summed E-state index contributed by atoms with van der Waals surface area (Å²) in [5, 5.41) is 0. The average Bonchev–Trinajstić information content (AvgIpc) is 2.87. The molecule has 0 aliphatic rings. The lowest BCUT2D eigenvalue weighted by atomic mass is 10.5. The summed E-state index contributed by atoms with van der Waals surface area (Å²) in [7, 11) is -2.77. The van der Waals surface area contributed by atoms with Gasteiger partial charge in [-0.2, -0.15) is 0 Å². The molecule has 0 atom stereocenters. The van der Waals surface area contributed by atoms with Gasteiger partial charge in [-0.3, -0.25) is 4.79 Å². The highest BCUT2D eigenvalue weighted by atomic mass is 32.2. The first-order chi connectivity index (χ1) is 9.38. The molecule has 112 valence electrons. The number of esters is 1. The molecule has 0 unspecified atom stereocenters. The number of rotatable bonds is 8. The number of primary amides is 1. The van der Waals surface area contributed by atoms with Crippen LogP contribution in [0.5, 0.6) is 0 Å². The van der Waals surface area contributed by atoms with Crippen LogP contribution < -0.4 is 10.5 Å². The third kappa shape index (κ3) is 4.52. The zero-order chi connectivity index (χ0) is 15.2. The van der Waals surface area contributed by atoms with E-state index in [1.165, 1.54) is 5.51 Å². The molecule has 1 heterocycles. The molecule has 20 heavy (non-hydrogen) atoms. The van der Waals surface area contributed by atoms with Crippen molar-refractivity contribution in [2.75, 3.05) is 26.9 Å². The Labute approximate surface area is 119 Å². The molecule has 1 aromatic heterocycles. The van der Waals surface area contributed by atoms with Crippen LogP contribution in [0.1, 0.15) is 10.5 Å². The highest BCUT2D eigenvalue weighted by molar-refractivity contribution is 7.91. The monoisotopic (exact) mass is 323 g/mol. The van der Waals surface area contributed by atoms with Crippen molar-refractivity contribution in [3.63, 3.8) is 0 Å². The lowest BCUT2D eigenvalue weighted by molar-refractivity contribution is -0.122. The average molecular weight is 323 g/mol. The zero-order valence-corrected chi connectivity index (χ0v) is 12.1. The van der Waals surface area contributed by atoms with Crippen LogP contribution in [0, 0.1) is 0 Å². The molecule has 3 N–H and O–H groups in total. The number of sulfonamides is 1. The molecule has 0 fully saturated rings. The number of hydrogen-bond donors (Lipinski definition) is 2. The van der Waals surface area contributed by atoms with E-state index in [2.05, 4.69) is 14.4 Å². The number of thiazole rings is 1. The normalized spacial score (nSPS) is 11.2. The van der Waals surface area contributed by atoms with Crippen molar-refractivity contribution in [1.29, 1.82) is 0 Å². The van der Waals surface area contributed by atoms with Crippen molar-refractivity contribution in [3.05, 3.63) is 11.2 Å². The minimum Gasteiger partial charge on any atom is -0.464 e. The van der Waals surface area contributed by atoms with E-state index in [1.807, 2.05) is 0 Å². The van der Waals surface area contributed by atoms with Gasteiger partial charge in [0.1, 0.15) is 6.61 Å². The molecule has 0 radical (unpaired) electrons. The molecule has 1 aromatic rings. The number of ether oxygens (including phenoxy) is 2. The largest absolute Gasteiger partial charge is 0.464 e.